The van der Waals surface area contributed by atoms with E-state index in [1.54, 1.807) is 6.07 Å². The van der Waals surface area contributed by atoms with Crippen LogP contribution in [0.4, 0.5) is 5.88 Å². The van der Waals surface area contributed by atoms with Gasteiger partial charge >= 0.3 is 5.88 Å². The molecule has 0 radical (unpaired) electrons. The summed E-state index contributed by atoms with van der Waals surface area (Å²) in [6.07, 6.45) is 1.88. The molecule has 1 aromatic heterocycles. The third-order valence-corrected chi connectivity index (χ3v) is 3.42. The van der Waals surface area contributed by atoms with Crippen LogP contribution in [0.25, 0.3) is 0 Å². The second-order valence-electron chi connectivity index (χ2n) is 4.68. The number of rotatable bonds is 3. The number of nitro groups is 1. The Balaban J connectivity index is 2.33. The van der Waals surface area contributed by atoms with Crippen LogP contribution in [-0.4, -0.2) is 10.5 Å². The quantitative estimate of drug-likeness (QED) is 0.610. The minimum atomic E-state index is -0.532. The standard InChI is InChI=1S/C10H14N2O3/c1-9(2,10(11)5-6-10)7-3-4-8(15-7)12(13)14/h3-4H,5-6,11H2,1-2H3. The zero-order valence-electron chi connectivity index (χ0n) is 8.82. The van der Waals surface area contributed by atoms with Crippen LogP contribution in [0.2, 0.25) is 0 Å². The van der Waals surface area contributed by atoms with E-state index in [1.807, 2.05) is 13.8 Å². The van der Waals surface area contributed by atoms with Crippen LogP contribution in [0.15, 0.2) is 16.5 Å². The molecule has 15 heavy (non-hydrogen) atoms. The maximum Gasteiger partial charge on any atom is 0.433 e. The van der Waals surface area contributed by atoms with E-state index in [4.69, 9.17) is 10.2 Å². The van der Waals surface area contributed by atoms with Crippen LogP contribution < -0.4 is 5.73 Å². The molecule has 2 rings (SSSR count). The second-order valence-corrected chi connectivity index (χ2v) is 4.68. The predicted octanol–water partition coefficient (Wildman–Crippen LogP) is 1.96. The number of nitrogens with zero attached hydrogens (tertiary/aromatic N) is 1. The highest BCUT2D eigenvalue weighted by atomic mass is 16.6. The van der Waals surface area contributed by atoms with E-state index in [2.05, 4.69) is 0 Å². The van der Waals surface area contributed by atoms with Gasteiger partial charge in [0, 0.05) is 11.0 Å². The SMILES string of the molecule is CC(C)(c1ccc([N+](=O)[O-])o1)C1(N)CC1. The van der Waals surface area contributed by atoms with Crippen LogP contribution in [0.3, 0.4) is 0 Å². The molecule has 0 unspecified atom stereocenters. The van der Waals surface area contributed by atoms with Crippen molar-refractivity contribution in [2.45, 2.75) is 37.6 Å². The van der Waals surface area contributed by atoms with E-state index in [-0.39, 0.29) is 16.8 Å². The van der Waals surface area contributed by atoms with Crippen molar-refractivity contribution in [3.05, 3.63) is 28.0 Å². The van der Waals surface area contributed by atoms with Gasteiger partial charge in [0.25, 0.3) is 0 Å². The summed E-state index contributed by atoms with van der Waals surface area (Å²) in [6, 6.07) is 3.02. The Bertz CT molecular complexity index is 405. The van der Waals surface area contributed by atoms with Crippen molar-refractivity contribution in [2.24, 2.45) is 5.73 Å². The summed E-state index contributed by atoms with van der Waals surface area (Å²) < 4.78 is 5.20. The van der Waals surface area contributed by atoms with Gasteiger partial charge in [0.15, 0.2) is 0 Å². The average molecular weight is 210 g/mol. The highest BCUT2D eigenvalue weighted by Crippen LogP contribution is 2.49. The zero-order valence-corrected chi connectivity index (χ0v) is 8.82. The largest absolute Gasteiger partial charge is 0.433 e. The van der Waals surface area contributed by atoms with Crippen LogP contribution in [0.1, 0.15) is 32.4 Å². The Kier molecular flexibility index (Phi) is 1.91. The minimum Gasteiger partial charge on any atom is -0.405 e. The van der Waals surface area contributed by atoms with Gasteiger partial charge in [-0.1, -0.05) is 13.8 Å². The third-order valence-electron chi connectivity index (χ3n) is 3.42. The Morgan fingerprint density at radius 1 is 1.53 bits per heavy atom. The third kappa shape index (κ3) is 1.43. The predicted molar refractivity (Wildman–Crippen MR) is 54.5 cm³/mol. The van der Waals surface area contributed by atoms with Crippen LogP contribution in [0, 0.1) is 10.1 Å². The van der Waals surface area contributed by atoms with Crippen molar-refractivity contribution in [3.63, 3.8) is 0 Å². The molecular formula is C10H14N2O3. The number of hydrogen-bond donors (Lipinski definition) is 1. The second kappa shape index (κ2) is 2.82. The van der Waals surface area contributed by atoms with E-state index in [9.17, 15) is 10.1 Å². The molecule has 0 atom stereocenters. The van der Waals surface area contributed by atoms with Crippen molar-refractivity contribution in [1.29, 1.82) is 0 Å². The molecule has 5 nitrogen and oxygen atoms in total. The molecule has 1 heterocycles. The normalized spacial score (nSPS) is 18.9. The van der Waals surface area contributed by atoms with Gasteiger partial charge in [0.05, 0.1) is 6.07 Å². The van der Waals surface area contributed by atoms with E-state index < -0.39 is 4.92 Å². The fraction of sp³-hybridized carbons (Fsp3) is 0.600. The fourth-order valence-corrected chi connectivity index (χ4v) is 1.77. The summed E-state index contributed by atoms with van der Waals surface area (Å²) in [7, 11) is 0. The highest BCUT2D eigenvalue weighted by molar-refractivity contribution is 5.29. The first-order chi connectivity index (χ1) is 6.87. The van der Waals surface area contributed by atoms with Gasteiger partial charge in [-0.15, -0.1) is 0 Å². The summed E-state index contributed by atoms with van der Waals surface area (Å²) in [5.74, 6) is 0.372. The zero-order chi connectivity index (χ0) is 11.3. The Morgan fingerprint density at radius 2 is 2.13 bits per heavy atom. The van der Waals surface area contributed by atoms with Crippen LogP contribution in [-0.2, 0) is 5.41 Å². The number of nitrogens with two attached hydrogens (primary N) is 1. The molecule has 0 aliphatic heterocycles. The molecule has 0 saturated heterocycles. The molecule has 0 spiro atoms. The van der Waals surface area contributed by atoms with Crippen molar-refractivity contribution >= 4 is 5.88 Å². The van der Waals surface area contributed by atoms with Gasteiger partial charge < -0.3 is 10.2 Å². The number of furan rings is 1. The maximum atomic E-state index is 10.5. The lowest BCUT2D eigenvalue weighted by molar-refractivity contribution is -0.402. The summed E-state index contributed by atoms with van der Waals surface area (Å²) >= 11 is 0. The van der Waals surface area contributed by atoms with Gasteiger partial charge in [0.2, 0.25) is 0 Å². The Hall–Kier alpha value is -1.36. The monoisotopic (exact) mass is 210 g/mol. The van der Waals surface area contributed by atoms with E-state index in [1.165, 1.54) is 6.07 Å². The molecule has 1 aromatic rings. The Morgan fingerprint density at radius 3 is 2.53 bits per heavy atom. The van der Waals surface area contributed by atoms with Gasteiger partial charge in [-0.25, -0.2) is 0 Å². The fourth-order valence-electron chi connectivity index (χ4n) is 1.77. The van der Waals surface area contributed by atoms with Crippen molar-refractivity contribution < 1.29 is 9.34 Å². The van der Waals surface area contributed by atoms with Gasteiger partial charge in [-0.2, -0.15) is 0 Å². The first-order valence-electron chi connectivity index (χ1n) is 4.90. The molecular weight excluding hydrogens is 196 g/mol. The average Bonchev–Trinajstić information content (AvgIpc) is 2.73. The molecule has 5 heteroatoms. The van der Waals surface area contributed by atoms with Crippen molar-refractivity contribution in [3.8, 4) is 0 Å². The summed E-state index contributed by atoms with van der Waals surface area (Å²) in [6.45, 7) is 3.92. The summed E-state index contributed by atoms with van der Waals surface area (Å²) in [5.41, 5.74) is 5.50. The van der Waals surface area contributed by atoms with Crippen molar-refractivity contribution in [1.82, 2.24) is 0 Å². The number of hydrogen-bond acceptors (Lipinski definition) is 4. The lowest BCUT2D eigenvalue weighted by atomic mass is 9.80. The molecule has 0 aromatic carbocycles. The van der Waals surface area contributed by atoms with Crippen LogP contribution >= 0.6 is 0 Å². The summed E-state index contributed by atoms with van der Waals surface area (Å²) in [5, 5.41) is 10.5. The van der Waals surface area contributed by atoms with E-state index >= 15 is 0 Å². The maximum absolute atomic E-state index is 10.5. The van der Waals surface area contributed by atoms with Gasteiger partial charge in [-0.05, 0) is 18.9 Å². The molecule has 1 aliphatic rings. The topological polar surface area (TPSA) is 82.3 Å². The Labute approximate surface area is 87.4 Å². The molecule has 2 N–H and O–H groups in total. The minimum absolute atomic E-state index is 0.220. The van der Waals surface area contributed by atoms with Crippen LogP contribution in [0.5, 0.6) is 0 Å². The lowest BCUT2D eigenvalue weighted by Crippen LogP contribution is -2.43. The molecule has 1 aliphatic carbocycles. The van der Waals surface area contributed by atoms with E-state index in [0.717, 1.165) is 12.8 Å². The first kappa shape index (κ1) is 10.2. The highest BCUT2D eigenvalue weighted by Gasteiger charge is 2.53. The molecule has 0 bridgehead atoms. The molecule has 0 amide bonds. The first-order valence-corrected chi connectivity index (χ1v) is 4.90. The van der Waals surface area contributed by atoms with E-state index in [0.29, 0.717) is 5.76 Å². The van der Waals surface area contributed by atoms with Gasteiger partial charge in [0.1, 0.15) is 10.7 Å². The van der Waals surface area contributed by atoms with Gasteiger partial charge in [-0.3, -0.25) is 10.1 Å². The lowest BCUT2D eigenvalue weighted by Gasteiger charge is -2.29. The molecule has 1 saturated carbocycles. The molecule has 1 fully saturated rings. The summed E-state index contributed by atoms with van der Waals surface area (Å²) in [4.78, 5) is 9.96. The van der Waals surface area contributed by atoms with Crippen molar-refractivity contribution in [2.75, 3.05) is 0 Å². The molecule has 82 valence electrons. The smallest absolute Gasteiger partial charge is 0.405 e.